The van der Waals surface area contributed by atoms with E-state index in [4.69, 9.17) is 21.1 Å². The summed E-state index contributed by atoms with van der Waals surface area (Å²) >= 11 is 8.30. The van der Waals surface area contributed by atoms with E-state index in [-0.39, 0.29) is 10.7 Å². The molecule has 0 aliphatic carbocycles. The number of anilines is 2. The van der Waals surface area contributed by atoms with Gasteiger partial charge in [0.1, 0.15) is 22.2 Å². The number of nitrogens with one attached hydrogen (secondary N) is 1. The van der Waals surface area contributed by atoms with E-state index >= 15 is 0 Å². The number of nitrogens with zero attached hydrogens (tertiary/aromatic N) is 1. The zero-order valence-corrected chi connectivity index (χ0v) is 20.1. The zero-order chi connectivity index (χ0) is 23.5. The molecule has 1 aliphatic heterocycles. The molecule has 0 spiro atoms. The number of hydrogen-bond acceptors (Lipinski definition) is 6. The minimum absolute atomic E-state index is 0.0353. The van der Waals surface area contributed by atoms with Gasteiger partial charge in [-0.1, -0.05) is 17.7 Å². The fourth-order valence-corrected chi connectivity index (χ4v) is 3.67. The number of esters is 1. The molecule has 0 saturated heterocycles. The van der Waals surface area contributed by atoms with Gasteiger partial charge in [0.2, 0.25) is 0 Å². The van der Waals surface area contributed by atoms with Crippen LogP contribution in [0.5, 0.6) is 11.5 Å². The molecule has 0 radical (unpaired) electrons. The first-order valence-corrected chi connectivity index (χ1v) is 11.1. The molecule has 0 unspecified atom stereocenters. The third kappa shape index (κ3) is 4.86. The van der Waals surface area contributed by atoms with Gasteiger partial charge < -0.3 is 14.8 Å². The van der Waals surface area contributed by atoms with Crippen LogP contribution in [0.25, 0.3) is 0 Å². The third-order valence-corrected chi connectivity index (χ3v) is 5.82. The number of halogens is 2. The molecule has 0 saturated carbocycles. The van der Waals surface area contributed by atoms with Gasteiger partial charge >= 0.3 is 5.97 Å². The van der Waals surface area contributed by atoms with Gasteiger partial charge in [0.15, 0.2) is 0 Å². The largest absolute Gasteiger partial charge is 0.497 e. The van der Waals surface area contributed by atoms with Crippen LogP contribution in [0.15, 0.2) is 83.5 Å². The van der Waals surface area contributed by atoms with E-state index in [1.54, 1.807) is 60.7 Å². The monoisotopic (exact) mass is 574 g/mol. The van der Waals surface area contributed by atoms with Crippen LogP contribution in [0.2, 0.25) is 0 Å². The Morgan fingerprint density at radius 2 is 1.61 bits per heavy atom. The first-order chi connectivity index (χ1) is 15.9. The van der Waals surface area contributed by atoms with Crippen molar-refractivity contribution < 1.29 is 23.9 Å². The Hall–Kier alpha value is -3.37. The van der Waals surface area contributed by atoms with Crippen molar-refractivity contribution in [2.45, 2.75) is 0 Å². The second-order valence-electron chi connectivity index (χ2n) is 6.88. The van der Waals surface area contributed by atoms with E-state index in [1.165, 1.54) is 19.2 Å². The van der Waals surface area contributed by atoms with Crippen LogP contribution in [0.3, 0.4) is 0 Å². The van der Waals surface area contributed by atoms with Crippen molar-refractivity contribution in [2.24, 2.45) is 0 Å². The molecule has 9 heteroatoms. The molecule has 3 aromatic rings. The Morgan fingerprint density at radius 1 is 0.939 bits per heavy atom. The van der Waals surface area contributed by atoms with Gasteiger partial charge in [-0.05, 0) is 83.3 Å². The Balaban J connectivity index is 1.47. The summed E-state index contributed by atoms with van der Waals surface area (Å²) in [5, 5.41) is 2.67. The molecule has 0 atom stereocenters. The molecule has 0 bridgehead atoms. The number of hydrogen-bond donors (Lipinski definition) is 1. The number of ether oxygens (including phenoxy) is 2. The van der Waals surface area contributed by atoms with Crippen LogP contribution < -0.4 is 19.7 Å². The number of methoxy groups -OCH3 is 1. The summed E-state index contributed by atoms with van der Waals surface area (Å²) in [6.07, 6.45) is 0. The summed E-state index contributed by atoms with van der Waals surface area (Å²) in [4.78, 5) is 38.9. The maximum absolute atomic E-state index is 12.9. The number of carbonyl (C=O) groups is 3. The number of carbonyl (C=O) groups excluding carboxylic acids is 3. The van der Waals surface area contributed by atoms with Gasteiger partial charge in [0.25, 0.3) is 11.8 Å². The second-order valence-corrected chi connectivity index (χ2v) is 8.51. The molecule has 1 aliphatic rings. The lowest BCUT2D eigenvalue weighted by Gasteiger charge is -2.15. The molecule has 4 rings (SSSR count). The molecular formula is C24H16ClIN2O5. The van der Waals surface area contributed by atoms with E-state index in [2.05, 4.69) is 27.9 Å². The van der Waals surface area contributed by atoms with Crippen molar-refractivity contribution in [3.05, 3.63) is 92.7 Å². The average molecular weight is 575 g/mol. The lowest BCUT2D eigenvalue weighted by molar-refractivity contribution is -0.120. The maximum Gasteiger partial charge on any atom is 0.343 e. The fraction of sp³-hybridized carbons (Fsp3) is 0.0417. The molecule has 2 amide bonds. The quantitative estimate of drug-likeness (QED) is 0.194. The van der Waals surface area contributed by atoms with Gasteiger partial charge in [-0.3, -0.25) is 9.59 Å². The van der Waals surface area contributed by atoms with Gasteiger partial charge in [-0.15, -0.1) is 0 Å². The van der Waals surface area contributed by atoms with E-state index in [9.17, 15) is 14.4 Å². The fourth-order valence-electron chi connectivity index (χ4n) is 3.10. The predicted molar refractivity (Wildman–Crippen MR) is 133 cm³/mol. The van der Waals surface area contributed by atoms with Gasteiger partial charge in [0, 0.05) is 15.3 Å². The van der Waals surface area contributed by atoms with Crippen molar-refractivity contribution >= 4 is 63.4 Å². The van der Waals surface area contributed by atoms with Crippen molar-refractivity contribution in [3.8, 4) is 11.5 Å². The zero-order valence-electron chi connectivity index (χ0n) is 17.2. The number of benzene rings is 3. The average Bonchev–Trinajstić information content (AvgIpc) is 3.03. The van der Waals surface area contributed by atoms with E-state index in [0.717, 1.165) is 8.47 Å². The summed E-state index contributed by atoms with van der Waals surface area (Å²) in [5.74, 6) is -0.801. The van der Waals surface area contributed by atoms with Crippen LogP contribution in [-0.2, 0) is 9.59 Å². The van der Waals surface area contributed by atoms with Crippen molar-refractivity contribution in [2.75, 3.05) is 17.3 Å². The number of amides is 2. The van der Waals surface area contributed by atoms with E-state index in [1.807, 2.05) is 0 Å². The minimum atomic E-state index is -0.608. The van der Waals surface area contributed by atoms with Crippen LogP contribution in [0, 0.1) is 3.57 Å². The molecule has 166 valence electrons. The van der Waals surface area contributed by atoms with Crippen LogP contribution >= 0.6 is 34.2 Å². The highest BCUT2D eigenvalue weighted by molar-refractivity contribution is 14.1. The van der Waals surface area contributed by atoms with Gasteiger partial charge in [0.05, 0.1) is 18.4 Å². The van der Waals surface area contributed by atoms with E-state index < -0.39 is 17.8 Å². The summed E-state index contributed by atoms with van der Waals surface area (Å²) in [7, 11) is 1.52. The van der Waals surface area contributed by atoms with Crippen LogP contribution in [-0.4, -0.2) is 24.9 Å². The number of imide groups is 1. The number of rotatable bonds is 6. The second kappa shape index (κ2) is 9.63. The minimum Gasteiger partial charge on any atom is -0.497 e. The molecule has 1 heterocycles. The van der Waals surface area contributed by atoms with Crippen LogP contribution in [0.1, 0.15) is 10.4 Å². The Labute approximate surface area is 208 Å². The van der Waals surface area contributed by atoms with Crippen LogP contribution in [0.4, 0.5) is 11.4 Å². The molecule has 0 aromatic heterocycles. The lowest BCUT2D eigenvalue weighted by atomic mass is 10.2. The van der Waals surface area contributed by atoms with Crippen molar-refractivity contribution in [3.63, 3.8) is 0 Å². The molecule has 1 N–H and O–H groups in total. The molecular weight excluding hydrogens is 559 g/mol. The Morgan fingerprint density at radius 3 is 2.27 bits per heavy atom. The predicted octanol–water partition coefficient (Wildman–Crippen LogP) is 4.95. The SMILES string of the molecule is COc1cccc(OC(=O)c2ccc(NC3=C(Cl)C(=O)N(c4ccc(I)cc4)C3=O)cc2)c1. The molecule has 33 heavy (non-hydrogen) atoms. The first kappa shape index (κ1) is 22.8. The summed E-state index contributed by atoms with van der Waals surface area (Å²) < 4.78 is 11.4. The first-order valence-electron chi connectivity index (χ1n) is 9.65. The standard InChI is InChI=1S/C24H16ClIN2O5/c1-32-18-3-2-4-19(13-18)33-24(31)14-5-9-16(10-6-14)27-21-20(25)22(29)28(23(21)30)17-11-7-15(26)8-12-17/h2-13,27H,1H3. The topological polar surface area (TPSA) is 84.9 Å². The molecule has 7 nitrogen and oxygen atoms in total. The lowest BCUT2D eigenvalue weighted by Crippen LogP contribution is -2.32. The normalized spacial score (nSPS) is 13.4. The van der Waals surface area contributed by atoms with Gasteiger partial charge in [-0.2, -0.15) is 0 Å². The highest BCUT2D eigenvalue weighted by Gasteiger charge is 2.38. The van der Waals surface area contributed by atoms with E-state index in [0.29, 0.717) is 28.4 Å². The summed E-state index contributed by atoms with van der Waals surface area (Å²) in [6.45, 7) is 0. The maximum atomic E-state index is 12.9. The molecule has 0 fully saturated rings. The smallest absolute Gasteiger partial charge is 0.343 e. The Bertz CT molecular complexity index is 1270. The highest BCUT2D eigenvalue weighted by atomic mass is 127. The Kier molecular flexibility index (Phi) is 6.66. The van der Waals surface area contributed by atoms with Gasteiger partial charge in [-0.25, -0.2) is 9.69 Å². The summed E-state index contributed by atoms with van der Waals surface area (Å²) in [5.41, 5.74) is 1.17. The third-order valence-electron chi connectivity index (χ3n) is 4.75. The van der Waals surface area contributed by atoms with Crippen molar-refractivity contribution in [1.29, 1.82) is 0 Å². The summed E-state index contributed by atoms with van der Waals surface area (Å²) in [6, 6.07) is 19.9. The molecule has 3 aromatic carbocycles. The van der Waals surface area contributed by atoms with Crippen molar-refractivity contribution in [1.82, 2.24) is 0 Å². The highest BCUT2D eigenvalue weighted by Crippen LogP contribution is 2.30.